The predicted molar refractivity (Wildman–Crippen MR) is 69.1 cm³/mol. The van der Waals surface area contributed by atoms with Crippen LogP contribution >= 0.6 is 0 Å². The third kappa shape index (κ3) is 5.42. The highest BCUT2D eigenvalue weighted by atomic mass is 32.2. The predicted octanol–water partition coefficient (Wildman–Crippen LogP) is 0.329. The zero-order valence-electron chi connectivity index (χ0n) is 9.87. The van der Waals surface area contributed by atoms with Gasteiger partial charge in [-0.3, -0.25) is 4.79 Å². The molecule has 18 heavy (non-hydrogen) atoms. The second-order valence-electron chi connectivity index (χ2n) is 4.01. The van der Waals surface area contributed by atoms with Gasteiger partial charge in [0.05, 0.1) is 11.5 Å². The molecular weight excluding hydrogens is 276 g/mol. The smallest absolute Gasteiger partial charge is 0.177 e. The van der Waals surface area contributed by atoms with E-state index < -0.39 is 42.7 Å². The Hall–Kier alpha value is -1.21. The molecule has 0 saturated heterocycles. The monoisotopic (exact) mass is 290 g/mol. The van der Waals surface area contributed by atoms with Crippen LogP contribution < -0.4 is 0 Å². The topological polar surface area (TPSA) is 85.3 Å². The molecule has 0 bridgehead atoms. The van der Waals surface area contributed by atoms with Crippen LogP contribution in [-0.2, 0) is 19.7 Å². The molecule has 100 valence electrons. The van der Waals surface area contributed by atoms with Crippen molar-refractivity contribution < 1.29 is 21.6 Å². The molecule has 0 atom stereocenters. The Morgan fingerprint density at radius 3 is 2.06 bits per heavy atom. The number of Topliss-reactive ketones (excluding diaryl/α,β-unsaturated/α-hetero) is 1. The highest BCUT2D eigenvalue weighted by molar-refractivity contribution is 7.95. The van der Waals surface area contributed by atoms with Crippen LogP contribution in [0.1, 0.15) is 10.4 Å². The van der Waals surface area contributed by atoms with Gasteiger partial charge in [0.1, 0.15) is 15.6 Å². The Balaban J connectivity index is 2.70. The fraction of sp³-hybridized carbons (Fsp3) is 0.364. The van der Waals surface area contributed by atoms with E-state index in [1.54, 1.807) is 18.2 Å². The maximum Gasteiger partial charge on any atom is 0.177 e. The van der Waals surface area contributed by atoms with Gasteiger partial charge in [-0.05, 0) is 0 Å². The first-order valence-corrected chi connectivity index (χ1v) is 9.04. The van der Waals surface area contributed by atoms with E-state index in [9.17, 15) is 21.6 Å². The Bertz CT molecular complexity index is 615. The summed E-state index contributed by atoms with van der Waals surface area (Å²) >= 11 is 0. The summed E-state index contributed by atoms with van der Waals surface area (Å²) in [6.07, 6.45) is 0.960. The normalized spacial score (nSPS) is 12.3. The number of hydrogen-bond donors (Lipinski definition) is 0. The van der Waals surface area contributed by atoms with Crippen molar-refractivity contribution in [3.05, 3.63) is 35.9 Å². The molecule has 0 aliphatic rings. The van der Waals surface area contributed by atoms with Crippen LogP contribution in [0.3, 0.4) is 0 Å². The molecule has 0 heterocycles. The fourth-order valence-corrected chi connectivity index (χ4v) is 4.19. The van der Waals surface area contributed by atoms with Crippen molar-refractivity contribution in [2.24, 2.45) is 0 Å². The van der Waals surface area contributed by atoms with E-state index in [-0.39, 0.29) is 0 Å². The van der Waals surface area contributed by atoms with E-state index >= 15 is 0 Å². The number of sulfone groups is 2. The first-order valence-electron chi connectivity index (χ1n) is 5.16. The van der Waals surface area contributed by atoms with Gasteiger partial charge < -0.3 is 0 Å². The average Bonchev–Trinajstić information content (AvgIpc) is 2.26. The first-order chi connectivity index (χ1) is 8.20. The van der Waals surface area contributed by atoms with E-state index in [1.807, 2.05) is 0 Å². The summed E-state index contributed by atoms with van der Waals surface area (Å²) in [7, 11) is -7.04. The third-order valence-electron chi connectivity index (χ3n) is 2.21. The van der Waals surface area contributed by atoms with Gasteiger partial charge in [-0.15, -0.1) is 0 Å². The van der Waals surface area contributed by atoms with Gasteiger partial charge in [0.15, 0.2) is 15.6 Å². The minimum absolute atomic E-state index is 0.306. The van der Waals surface area contributed by atoms with Crippen LogP contribution in [0.25, 0.3) is 0 Å². The van der Waals surface area contributed by atoms with E-state index in [0.29, 0.717) is 5.56 Å². The van der Waals surface area contributed by atoms with Gasteiger partial charge in [0.25, 0.3) is 0 Å². The zero-order valence-corrected chi connectivity index (χ0v) is 11.5. The largest absolute Gasteiger partial charge is 0.293 e. The van der Waals surface area contributed by atoms with Crippen LogP contribution in [0.4, 0.5) is 0 Å². The van der Waals surface area contributed by atoms with Crippen molar-refractivity contribution in [2.45, 2.75) is 0 Å². The van der Waals surface area contributed by atoms with Gasteiger partial charge in [0.2, 0.25) is 0 Å². The average molecular weight is 290 g/mol. The Kier molecular flexibility index (Phi) is 4.64. The summed E-state index contributed by atoms with van der Waals surface area (Å²) in [5.74, 6) is -2.17. The highest BCUT2D eigenvalue weighted by Crippen LogP contribution is 2.03. The lowest BCUT2D eigenvalue weighted by molar-refractivity contribution is 0.102. The van der Waals surface area contributed by atoms with Crippen LogP contribution in [0, 0.1) is 0 Å². The second kappa shape index (κ2) is 5.62. The van der Waals surface area contributed by atoms with Gasteiger partial charge in [-0.1, -0.05) is 30.3 Å². The van der Waals surface area contributed by atoms with Crippen LogP contribution in [0.5, 0.6) is 0 Å². The summed E-state index contributed by atoms with van der Waals surface area (Å²) in [5, 5.41) is 0. The van der Waals surface area contributed by atoms with E-state index in [1.165, 1.54) is 12.1 Å². The second-order valence-corrected chi connectivity index (χ2v) is 8.45. The van der Waals surface area contributed by atoms with Gasteiger partial charge >= 0.3 is 0 Å². The van der Waals surface area contributed by atoms with Crippen molar-refractivity contribution in [1.82, 2.24) is 0 Å². The number of carbonyl (C=O) groups excluding carboxylic acids is 1. The van der Waals surface area contributed by atoms with Crippen LogP contribution in [0.15, 0.2) is 30.3 Å². The molecule has 0 unspecified atom stereocenters. The quantitative estimate of drug-likeness (QED) is 0.705. The van der Waals surface area contributed by atoms with Crippen LogP contribution in [-0.4, -0.2) is 46.1 Å². The van der Waals surface area contributed by atoms with Crippen LogP contribution in [0.2, 0.25) is 0 Å². The third-order valence-corrected chi connectivity index (χ3v) is 4.94. The maximum atomic E-state index is 11.7. The lowest BCUT2D eigenvalue weighted by Gasteiger charge is -2.03. The molecule has 0 fully saturated rings. The number of rotatable bonds is 6. The molecule has 0 aliphatic carbocycles. The number of benzene rings is 1. The summed E-state index contributed by atoms with van der Waals surface area (Å²) in [4.78, 5) is 11.7. The molecule has 0 amide bonds. The minimum Gasteiger partial charge on any atom is -0.293 e. The molecule has 0 saturated carbocycles. The maximum absolute atomic E-state index is 11.7. The fourth-order valence-electron chi connectivity index (χ4n) is 1.26. The van der Waals surface area contributed by atoms with Gasteiger partial charge in [-0.25, -0.2) is 16.8 Å². The minimum atomic E-state index is -3.69. The number of hydrogen-bond acceptors (Lipinski definition) is 5. The summed E-state index contributed by atoms with van der Waals surface area (Å²) < 4.78 is 44.9. The summed E-state index contributed by atoms with van der Waals surface area (Å²) in [6.45, 7) is 0. The number of ketones is 1. The molecule has 0 aliphatic heterocycles. The van der Waals surface area contributed by atoms with Gasteiger partial charge in [-0.2, -0.15) is 0 Å². The molecule has 1 aromatic carbocycles. The molecule has 0 radical (unpaired) electrons. The van der Waals surface area contributed by atoms with Crippen molar-refractivity contribution >= 4 is 25.5 Å². The van der Waals surface area contributed by atoms with Crippen molar-refractivity contribution in [3.8, 4) is 0 Å². The Morgan fingerprint density at radius 1 is 1.00 bits per heavy atom. The molecule has 0 N–H and O–H groups in total. The highest BCUT2D eigenvalue weighted by Gasteiger charge is 2.19. The first kappa shape index (κ1) is 14.8. The molecule has 0 aromatic heterocycles. The Morgan fingerprint density at radius 2 is 1.56 bits per heavy atom. The lowest BCUT2D eigenvalue weighted by atomic mass is 10.2. The molecular formula is C11H14O5S2. The standard InChI is InChI=1S/C11H14O5S2/c1-17(13,14)7-8-18(15,16)9-11(12)10-5-3-2-4-6-10/h2-6H,7-9H2,1H3. The zero-order chi connectivity index (χ0) is 13.8. The van der Waals surface area contributed by atoms with Crippen molar-refractivity contribution in [3.63, 3.8) is 0 Å². The van der Waals surface area contributed by atoms with E-state index in [4.69, 9.17) is 0 Å². The molecule has 0 spiro atoms. The lowest BCUT2D eigenvalue weighted by Crippen LogP contribution is -2.23. The van der Waals surface area contributed by atoms with E-state index in [2.05, 4.69) is 0 Å². The SMILES string of the molecule is CS(=O)(=O)CCS(=O)(=O)CC(=O)c1ccccc1. The van der Waals surface area contributed by atoms with Gasteiger partial charge in [0, 0.05) is 11.8 Å². The molecule has 1 aromatic rings. The molecule has 7 heteroatoms. The molecule has 1 rings (SSSR count). The number of carbonyl (C=O) groups is 1. The van der Waals surface area contributed by atoms with E-state index in [0.717, 1.165) is 6.26 Å². The molecule has 5 nitrogen and oxygen atoms in total. The Labute approximate surface area is 107 Å². The van der Waals surface area contributed by atoms with Crippen molar-refractivity contribution in [2.75, 3.05) is 23.5 Å². The summed E-state index contributed by atoms with van der Waals surface area (Å²) in [5.41, 5.74) is 0.306. The van der Waals surface area contributed by atoms with Crippen molar-refractivity contribution in [1.29, 1.82) is 0 Å². The summed E-state index contributed by atoms with van der Waals surface area (Å²) in [6, 6.07) is 8.03.